The number of aromatic nitrogens is 1. The average Bonchev–Trinajstić information content (AvgIpc) is 3.09. The molecule has 0 fully saturated rings. The number of thiophene rings is 1. The molecule has 0 aliphatic heterocycles. The van der Waals surface area contributed by atoms with Gasteiger partial charge in [0.2, 0.25) is 0 Å². The zero-order valence-electron chi connectivity index (χ0n) is 11.7. The first kappa shape index (κ1) is 15.2. The van der Waals surface area contributed by atoms with E-state index in [1.165, 1.54) is 17.4 Å². The number of H-pyrrole nitrogens is 1. The predicted molar refractivity (Wildman–Crippen MR) is 82.2 cm³/mol. The van der Waals surface area contributed by atoms with Gasteiger partial charge in [-0.05, 0) is 30.2 Å². The second-order valence-corrected chi connectivity index (χ2v) is 6.04. The fourth-order valence-electron chi connectivity index (χ4n) is 2.51. The van der Waals surface area contributed by atoms with Gasteiger partial charge in [-0.2, -0.15) is 5.26 Å². The third-order valence-electron chi connectivity index (χ3n) is 3.48. The average molecular weight is 332 g/mol. The van der Waals surface area contributed by atoms with Gasteiger partial charge in [-0.1, -0.05) is 0 Å². The van der Waals surface area contributed by atoms with Crippen LogP contribution in [-0.4, -0.2) is 16.1 Å². The van der Waals surface area contributed by atoms with Crippen LogP contribution in [0.1, 0.15) is 16.9 Å². The number of nitrogens with one attached hydrogen (secondary N) is 1. The molecule has 0 radical (unpaired) electrons. The lowest BCUT2D eigenvalue weighted by Gasteiger charge is -2.01. The Hall–Kier alpha value is -2.72. The Morgan fingerprint density at radius 1 is 1.35 bits per heavy atom. The molecule has 7 heteroatoms. The van der Waals surface area contributed by atoms with Gasteiger partial charge in [0.1, 0.15) is 22.6 Å². The van der Waals surface area contributed by atoms with Crippen LogP contribution in [0.4, 0.5) is 8.78 Å². The van der Waals surface area contributed by atoms with Crippen molar-refractivity contribution in [2.75, 3.05) is 0 Å². The number of carboxylic acids is 1. The number of aromatic amines is 1. The standard InChI is InChI=1S/C16H10F2N2O2S/c17-8-5-11-10(2-4-14(21)22)16(20-15(11)12(18)6-8)13-3-1-9(7-19)23-13/h1,3,5-6,20H,2,4H2,(H,21,22). The monoisotopic (exact) mass is 332 g/mol. The lowest BCUT2D eigenvalue weighted by Crippen LogP contribution is -1.98. The Morgan fingerprint density at radius 3 is 2.78 bits per heavy atom. The third kappa shape index (κ3) is 2.81. The van der Waals surface area contributed by atoms with Gasteiger partial charge in [-0.3, -0.25) is 4.79 Å². The molecule has 4 nitrogen and oxygen atoms in total. The molecule has 0 amide bonds. The van der Waals surface area contributed by atoms with Crippen molar-refractivity contribution in [3.05, 3.63) is 46.3 Å². The molecule has 0 aliphatic rings. The van der Waals surface area contributed by atoms with E-state index in [9.17, 15) is 13.6 Å². The maximum atomic E-state index is 14.0. The van der Waals surface area contributed by atoms with E-state index < -0.39 is 17.6 Å². The SMILES string of the molecule is N#Cc1ccc(-c2[nH]c3c(F)cc(F)cc3c2CCC(=O)O)s1. The Morgan fingerprint density at radius 2 is 2.13 bits per heavy atom. The molecule has 0 bridgehead atoms. The van der Waals surface area contributed by atoms with Crippen LogP contribution in [0.15, 0.2) is 24.3 Å². The topological polar surface area (TPSA) is 76.9 Å². The summed E-state index contributed by atoms with van der Waals surface area (Å²) in [6.07, 6.45) is -0.0259. The number of aryl methyl sites for hydroxylation is 1. The molecule has 3 rings (SSSR count). The fourth-order valence-corrected chi connectivity index (χ4v) is 3.34. The first-order chi connectivity index (χ1) is 11.0. The zero-order valence-corrected chi connectivity index (χ0v) is 12.5. The number of benzene rings is 1. The fraction of sp³-hybridized carbons (Fsp3) is 0.125. The molecule has 2 heterocycles. The lowest BCUT2D eigenvalue weighted by molar-refractivity contribution is -0.136. The van der Waals surface area contributed by atoms with Gasteiger partial charge in [-0.15, -0.1) is 11.3 Å². The van der Waals surface area contributed by atoms with E-state index in [1.807, 2.05) is 6.07 Å². The first-order valence-corrected chi connectivity index (χ1v) is 7.53. The predicted octanol–water partition coefficient (Wildman–Crippen LogP) is 4.06. The zero-order chi connectivity index (χ0) is 16.6. The van der Waals surface area contributed by atoms with Gasteiger partial charge in [-0.25, -0.2) is 8.78 Å². The molecular weight excluding hydrogens is 322 g/mol. The molecule has 23 heavy (non-hydrogen) atoms. The quantitative estimate of drug-likeness (QED) is 0.756. The van der Waals surface area contributed by atoms with E-state index in [0.717, 1.165) is 6.07 Å². The molecule has 3 aromatic rings. The molecule has 0 atom stereocenters. The van der Waals surface area contributed by atoms with Gasteiger partial charge >= 0.3 is 5.97 Å². The van der Waals surface area contributed by atoms with Crippen molar-refractivity contribution < 1.29 is 18.7 Å². The van der Waals surface area contributed by atoms with Crippen molar-refractivity contribution in [2.24, 2.45) is 0 Å². The highest BCUT2D eigenvalue weighted by Crippen LogP contribution is 2.36. The van der Waals surface area contributed by atoms with Crippen LogP contribution in [0.2, 0.25) is 0 Å². The Bertz CT molecular complexity index is 953. The maximum Gasteiger partial charge on any atom is 0.303 e. The van der Waals surface area contributed by atoms with Gasteiger partial charge in [0.05, 0.1) is 16.1 Å². The van der Waals surface area contributed by atoms with Crippen LogP contribution in [0, 0.1) is 23.0 Å². The van der Waals surface area contributed by atoms with Gasteiger partial charge in [0.25, 0.3) is 0 Å². The number of halogens is 2. The minimum Gasteiger partial charge on any atom is -0.481 e. The Labute approximate surface area is 133 Å². The van der Waals surface area contributed by atoms with E-state index >= 15 is 0 Å². The number of nitrogens with zero attached hydrogens (tertiary/aromatic N) is 1. The van der Waals surface area contributed by atoms with Crippen LogP contribution in [-0.2, 0) is 11.2 Å². The lowest BCUT2D eigenvalue weighted by atomic mass is 10.0. The van der Waals surface area contributed by atoms with Crippen molar-refractivity contribution in [1.82, 2.24) is 4.98 Å². The van der Waals surface area contributed by atoms with Crippen molar-refractivity contribution >= 4 is 28.2 Å². The number of hydrogen-bond acceptors (Lipinski definition) is 3. The van der Waals surface area contributed by atoms with E-state index in [2.05, 4.69) is 4.98 Å². The maximum absolute atomic E-state index is 14.0. The highest BCUT2D eigenvalue weighted by atomic mass is 32.1. The van der Waals surface area contributed by atoms with Crippen LogP contribution < -0.4 is 0 Å². The summed E-state index contributed by atoms with van der Waals surface area (Å²) < 4.78 is 27.5. The molecule has 0 saturated carbocycles. The van der Waals surface area contributed by atoms with E-state index in [4.69, 9.17) is 10.4 Å². The number of carboxylic acid groups (broad SMARTS) is 1. The summed E-state index contributed by atoms with van der Waals surface area (Å²) in [5, 5.41) is 18.1. The number of nitriles is 1. The molecule has 1 aromatic carbocycles. The second-order valence-electron chi connectivity index (χ2n) is 4.96. The highest BCUT2D eigenvalue weighted by Gasteiger charge is 2.19. The Kier molecular flexibility index (Phi) is 3.84. The third-order valence-corrected chi connectivity index (χ3v) is 4.49. The normalized spacial score (nSPS) is 10.8. The Balaban J connectivity index is 2.22. The molecule has 0 spiro atoms. The number of carbonyl (C=O) groups is 1. The molecule has 116 valence electrons. The largest absolute Gasteiger partial charge is 0.481 e. The molecule has 0 unspecified atom stereocenters. The molecule has 0 saturated heterocycles. The van der Waals surface area contributed by atoms with Gasteiger partial charge in [0, 0.05) is 17.9 Å². The molecule has 0 aliphatic carbocycles. The van der Waals surface area contributed by atoms with Crippen LogP contribution >= 0.6 is 11.3 Å². The van der Waals surface area contributed by atoms with Gasteiger partial charge in [0.15, 0.2) is 0 Å². The van der Waals surface area contributed by atoms with Crippen LogP contribution in [0.3, 0.4) is 0 Å². The van der Waals surface area contributed by atoms with Crippen molar-refractivity contribution in [2.45, 2.75) is 12.8 Å². The van der Waals surface area contributed by atoms with Crippen LogP contribution in [0.5, 0.6) is 0 Å². The van der Waals surface area contributed by atoms with E-state index in [1.54, 1.807) is 12.1 Å². The minimum absolute atomic E-state index is 0.132. The summed E-state index contributed by atoms with van der Waals surface area (Å²) in [6.45, 7) is 0. The molecule has 2 aromatic heterocycles. The summed E-state index contributed by atoms with van der Waals surface area (Å²) >= 11 is 1.20. The second kappa shape index (κ2) is 5.82. The number of hydrogen-bond donors (Lipinski definition) is 2. The smallest absolute Gasteiger partial charge is 0.303 e. The highest BCUT2D eigenvalue weighted by molar-refractivity contribution is 7.16. The van der Waals surface area contributed by atoms with E-state index in [0.29, 0.717) is 26.4 Å². The van der Waals surface area contributed by atoms with E-state index in [-0.39, 0.29) is 18.4 Å². The summed E-state index contributed by atoms with van der Waals surface area (Å²) in [5.41, 5.74) is 1.19. The summed E-state index contributed by atoms with van der Waals surface area (Å²) in [6, 6.07) is 7.31. The molecule has 2 N–H and O–H groups in total. The number of fused-ring (bicyclic) bond motifs is 1. The molecular formula is C16H10F2N2O2S. The van der Waals surface area contributed by atoms with Gasteiger partial charge < -0.3 is 10.1 Å². The van der Waals surface area contributed by atoms with Crippen molar-refractivity contribution in [3.63, 3.8) is 0 Å². The van der Waals surface area contributed by atoms with Crippen molar-refractivity contribution in [3.8, 4) is 16.6 Å². The summed E-state index contributed by atoms with van der Waals surface area (Å²) in [4.78, 5) is 14.9. The number of aliphatic carboxylic acids is 1. The van der Waals surface area contributed by atoms with Crippen molar-refractivity contribution in [1.29, 1.82) is 5.26 Å². The number of rotatable bonds is 4. The van der Waals surface area contributed by atoms with Crippen LogP contribution in [0.25, 0.3) is 21.5 Å². The first-order valence-electron chi connectivity index (χ1n) is 6.71. The summed E-state index contributed by atoms with van der Waals surface area (Å²) in [7, 11) is 0. The summed E-state index contributed by atoms with van der Waals surface area (Å²) in [5.74, 6) is -2.45. The minimum atomic E-state index is -0.994.